The summed E-state index contributed by atoms with van der Waals surface area (Å²) in [6.45, 7) is 3.71. The van der Waals surface area contributed by atoms with Crippen LogP contribution in [0.4, 0.5) is 0 Å². The van der Waals surface area contributed by atoms with E-state index >= 15 is 0 Å². The summed E-state index contributed by atoms with van der Waals surface area (Å²) in [7, 11) is 0. The van der Waals surface area contributed by atoms with Gasteiger partial charge in [0, 0.05) is 48.7 Å². The van der Waals surface area contributed by atoms with Gasteiger partial charge in [0.05, 0.1) is 0 Å². The summed E-state index contributed by atoms with van der Waals surface area (Å²) >= 11 is 1.57. The lowest BCUT2D eigenvalue weighted by Gasteiger charge is -2.54. The molecule has 5 heterocycles. The van der Waals surface area contributed by atoms with Gasteiger partial charge >= 0.3 is 0 Å². The molecule has 1 aromatic carbocycles. The van der Waals surface area contributed by atoms with Gasteiger partial charge in [-0.2, -0.15) is 0 Å². The molecule has 1 aliphatic carbocycles. The molecule has 4 aliphatic rings. The molecule has 2 atom stereocenters. The van der Waals surface area contributed by atoms with Gasteiger partial charge in [0.25, 0.3) is 5.19 Å². The average Bonchev–Trinajstić information content (AvgIpc) is 3.26. The van der Waals surface area contributed by atoms with Crippen LogP contribution in [0.25, 0.3) is 21.5 Å². The van der Waals surface area contributed by atoms with E-state index in [0.717, 1.165) is 27.2 Å². The first-order chi connectivity index (χ1) is 12.3. The lowest BCUT2D eigenvalue weighted by Crippen LogP contribution is -2.61. The van der Waals surface area contributed by atoms with Gasteiger partial charge in [-0.05, 0) is 36.3 Å². The third-order valence-corrected chi connectivity index (χ3v) is 7.01. The van der Waals surface area contributed by atoms with Gasteiger partial charge in [-0.1, -0.05) is 28.6 Å². The Bertz CT molecular complexity index is 904. The smallest absolute Gasteiger partial charge is 0.294 e. The van der Waals surface area contributed by atoms with Crippen molar-refractivity contribution in [3.05, 3.63) is 30.5 Å². The summed E-state index contributed by atoms with van der Waals surface area (Å²) < 4.78 is 6.38. The van der Waals surface area contributed by atoms with Crippen LogP contribution in [0.5, 0.6) is 5.19 Å². The molecule has 2 unspecified atom stereocenters. The van der Waals surface area contributed by atoms with Gasteiger partial charge in [0.2, 0.25) is 0 Å². The molecule has 3 aromatic rings. The summed E-state index contributed by atoms with van der Waals surface area (Å²) in [5.74, 6) is 2.25. The molecule has 0 radical (unpaired) electrons. The molecule has 4 fully saturated rings. The molecule has 2 aromatic heterocycles. The maximum atomic E-state index is 6.38. The van der Waals surface area contributed by atoms with Crippen molar-refractivity contribution in [2.24, 2.45) is 17.8 Å². The van der Waals surface area contributed by atoms with Crippen molar-refractivity contribution in [2.75, 3.05) is 19.6 Å². The molecule has 4 bridgehead atoms. The highest BCUT2D eigenvalue weighted by atomic mass is 32.1. The van der Waals surface area contributed by atoms with Gasteiger partial charge < -0.3 is 14.6 Å². The number of aromatic amines is 1. The number of benzene rings is 1. The highest BCUT2D eigenvalue weighted by Gasteiger charge is 2.49. The molecule has 0 spiro atoms. The molecule has 3 aliphatic heterocycles. The Kier molecular flexibility index (Phi) is 3.02. The third kappa shape index (κ3) is 2.31. The number of hydrogen-bond acceptors (Lipinski definition) is 5. The van der Waals surface area contributed by atoms with Crippen molar-refractivity contribution < 1.29 is 4.74 Å². The number of hydrogen-bond donors (Lipinski definition) is 1. The van der Waals surface area contributed by atoms with Crippen molar-refractivity contribution in [2.45, 2.75) is 18.9 Å². The minimum atomic E-state index is 0.333. The Morgan fingerprint density at radius 2 is 1.96 bits per heavy atom. The number of nitrogens with zero attached hydrogens (tertiary/aromatic N) is 3. The highest BCUT2D eigenvalue weighted by molar-refractivity contribution is 7.16. The zero-order valence-corrected chi connectivity index (χ0v) is 14.7. The quantitative estimate of drug-likeness (QED) is 0.785. The SMILES string of the molecule is c1cc2ccc(-c3nnc(OC4C5CC6CC4CN(C6)C5)s3)cc2[nH]1. The van der Waals surface area contributed by atoms with Crippen molar-refractivity contribution in [1.82, 2.24) is 20.1 Å². The van der Waals surface area contributed by atoms with Gasteiger partial charge in [-0.25, -0.2) is 0 Å². The van der Waals surface area contributed by atoms with E-state index in [4.69, 9.17) is 4.74 Å². The standard InChI is InChI=1S/C19H20N4OS/c1-2-13(7-16-12(1)3-4-20-16)18-21-22-19(25-18)24-17-14-5-11-6-15(17)10-23(8-11)9-14/h1-4,7,11,14-15,17,20H,5-6,8-10H2. The predicted octanol–water partition coefficient (Wildman–Crippen LogP) is 3.41. The van der Waals surface area contributed by atoms with E-state index in [2.05, 4.69) is 44.3 Å². The molecule has 6 heteroatoms. The van der Waals surface area contributed by atoms with E-state index in [1.54, 1.807) is 11.3 Å². The second-order valence-electron chi connectivity index (χ2n) is 7.81. The van der Waals surface area contributed by atoms with Crippen LogP contribution in [0, 0.1) is 17.8 Å². The van der Waals surface area contributed by atoms with Crippen LogP contribution < -0.4 is 4.74 Å². The van der Waals surface area contributed by atoms with Crippen LogP contribution in [-0.2, 0) is 0 Å². The Morgan fingerprint density at radius 3 is 2.80 bits per heavy atom. The first-order valence-electron chi connectivity index (χ1n) is 9.12. The maximum absolute atomic E-state index is 6.38. The van der Waals surface area contributed by atoms with Crippen LogP contribution in [0.1, 0.15) is 12.8 Å². The normalized spacial score (nSPS) is 33.2. The number of aromatic nitrogens is 3. The first kappa shape index (κ1) is 14.3. The molecule has 1 N–H and O–H groups in total. The summed E-state index contributed by atoms with van der Waals surface area (Å²) in [6.07, 6.45) is 4.95. The predicted molar refractivity (Wildman–Crippen MR) is 97.8 cm³/mol. The lowest BCUT2D eigenvalue weighted by molar-refractivity contribution is -0.0986. The zero-order chi connectivity index (χ0) is 16.4. The number of piperidine rings is 3. The third-order valence-electron chi connectivity index (χ3n) is 6.15. The first-order valence-corrected chi connectivity index (χ1v) is 9.93. The molecular formula is C19H20N4OS. The second-order valence-corrected chi connectivity index (χ2v) is 8.75. The van der Waals surface area contributed by atoms with Crippen LogP contribution in [0.15, 0.2) is 30.5 Å². The molecule has 7 rings (SSSR count). The number of fused-ring (bicyclic) bond motifs is 1. The van der Waals surface area contributed by atoms with Crippen LogP contribution >= 0.6 is 11.3 Å². The fourth-order valence-electron chi connectivity index (χ4n) is 5.23. The highest BCUT2D eigenvalue weighted by Crippen LogP contribution is 2.45. The molecule has 128 valence electrons. The topological polar surface area (TPSA) is 54.0 Å². The summed E-state index contributed by atoms with van der Waals surface area (Å²) in [5.41, 5.74) is 2.23. The van der Waals surface area contributed by atoms with Crippen LogP contribution in [0.3, 0.4) is 0 Å². The van der Waals surface area contributed by atoms with Gasteiger partial charge in [-0.15, -0.1) is 5.10 Å². The Balaban J connectivity index is 1.25. The second kappa shape index (κ2) is 5.29. The minimum absolute atomic E-state index is 0.333. The minimum Gasteiger partial charge on any atom is -0.465 e. The fraction of sp³-hybridized carbons (Fsp3) is 0.474. The fourth-order valence-corrected chi connectivity index (χ4v) is 5.96. The van der Waals surface area contributed by atoms with E-state index < -0.39 is 0 Å². The maximum Gasteiger partial charge on any atom is 0.294 e. The van der Waals surface area contributed by atoms with E-state index in [1.165, 1.54) is 37.9 Å². The average molecular weight is 352 g/mol. The Morgan fingerprint density at radius 1 is 1.08 bits per heavy atom. The van der Waals surface area contributed by atoms with E-state index in [9.17, 15) is 0 Å². The number of ether oxygens (including phenoxy) is 1. The Hall–Kier alpha value is -1.92. The van der Waals surface area contributed by atoms with Gasteiger partial charge in [0.15, 0.2) is 5.01 Å². The van der Waals surface area contributed by atoms with E-state index in [0.29, 0.717) is 17.9 Å². The lowest BCUT2D eigenvalue weighted by atomic mass is 9.66. The molecule has 5 nitrogen and oxygen atoms in total. The largest absolute Gasteiger partial charge is 0.465 e. The molecule has 1 saturated carbocycles. The zero-order valence-electron chi connectivity index (χ0n) is 13.9. The van der Waals surface area contributed by atoms with Gasteiger partial charge in [0.1, 0.15) is 6.10 Å². The number of nitrogens with one attached hydrogen (secondary N) is 1. The molecule has 0 amide bonds. The summed E-state index contributed by atoms with van der Waals surface area (Å²) in [5, 5.41) is 11.6. The van der Waals surface area contributed by atoms with Crippen molar-refractivity contribution in [1.29, 1.82) is 0 Å². The van der Waals surface area contributed by atoms with Crippen molar-refractivity contribution in [3.8, 4) is 15.8 Å². The van der Waals surface area contributed by atoms with E-state index in [1.807, 2.05) is 6.20 Å². The Labute approximate surface area is 150 Å². The van der Waals surface area contributed by atoms with Crippen molar-refractivity contribution >= 4 is 22.2 Å². The van der Waals surface area contributed by atoms with Crippen LogP contribution in [-0.4, -0.2) is 45.8 Å². The molecular weight excluding hydrogens is 332 g/mol. The van der Waals surface area contributed by atoms with E-state index in [-0.39, 0.29) is 0 Å². The van der Waals surface area contributed by atoms with Crippen molar-refractivity contribution in [3.63, 3.8) is 0 Å². The summed E-state index contributed by atoms with van der Waals surface area (Å²) in [4.78, 5) is 5.89. The summed E-state index contributed by atoms with van der Waals surface area (Å²) in [6, 6.07) is 8.44. The monoisotopic (exact) mass is 352 g/mol. The molecule has 3 saturated heterocycles. The number of rotatable bonds is 3. The number of H-pyrrole nitrogens is 1. The van der Waals surface area contributed by atoms with Crippen LogP contribution in [0.2, 0.25) is 0 Å². The van der Waals surface area contributed by atoms with Gasteiger partial charge in [-0.3, -0.25) is 0 Å². The molecule has 25 heavy (non-hydrogen) atoms.